The van der Waals surface area contributed by atoms with Gasteiger partial charge < -0.3 is 10.5 Å². The summed E-state index contributed by atoms with van der Waals surface area (Å²) in [6, 6.07) is 0. The van der Waals surface area contributed by atoms with Crippen LogP contribution < -0.4 is 5.73 Å². The fourth-order valence-electron chi connectivity index (χ4n) is 0.0833. The first-order chi connectivity index (χ1) is 5.12. The zero-order valence-corrected chi connectivity index (χ0v) is 8.77. The average molecular weight is 161 g/mol. The van der Waals surface area contributed by atoms with Crippen LogP contribution in [0.2, 0.25) is 0 Å². The van der Waals surface area contributed by atoms with Gasteiger partial charge in [-0.2, -0.15) is 0 Å². The van der Waals surface area contributed by atoms with Crippen molar-refractivity contribution in [2.75, 3.05) is 7.05 Å². The number of nitrogens with two attached hydrogens (primary N) is 1. The molecule has 11 heavy (non-hydrogen) atoms. The lowest BCUT2D eigenvalue weighted by atomic mass is 9.93. The predicted molar refractivity (Wildman–Crippen MR) is 51.6 cm³/mol. The summed E-state index contributed by atoms with van der Waals surface area (Å²) < 4.78 is 0. The van der Waals surface area contributed by atoms with E-state index in [1.807, 2.05) is 34.6 Å². The zero-order valence-electron chi connectivity index (χ0n) is 8.77. The minimum absolute atomic E-state index is 0.0972. The highest BCUT2D eigenvalue weighted by molar-refractivity contribution is 5.57. The molecule has 70 valence electrons. The Kier molecular flexibility index (Phi) is 19.0. The second-order valence-corrected chi connectivity index (χ2v) is 2.46. The van der Waals surface area contributed by atoms with Crippen molar-refractivity contribution in [3.63, 3.8) is 0 Å². The Bertz CT molecular complexity index is 70.0. The first kappa shape index (κ1) is 16.9. The zero-order chi connectivity index (χ0) is 9.91. The minimum atomic E-state index is -0.0972. The Morgan fingerprint density at radius 2 is 1.55 bits per heavy atom. The first-order valence-electron chi connectivity index (χ1n) is 4.16. The van der Waals surface area contributed by atoms with Gasteiger partial charge in [0, 0.05) is 5.41 Å². The fraction of sp³-hybridized carbons (Fsp3) is 0.889. The smallest absolute Gasteiger partial charge is 0.125 e. The Morgan fingerprint density at radius 1 is 1.27 bits per heavy atom. The third kappa shape index (κ3) is 17.7. The first-order valence-corrected chi connectivity index (χ1v) is 4.16. The molecule has 0 unspecified atom stereocenters. The van der Waals surface area contributed by atoms with Crippen molar-refractivity contribution >= 4 is 6.29 Å². The molecule has 0 spiro atoms. The topological polar surface area (TPSA) is 43.1 Å². The summed E-state index contributed by atoms with van der Waals surface area (Å²) >= 11 is 0. The van der Waals surface area contributed by atoms with Crippen LogP contribution in [-0.4, -0.2) is 13.3 Å². The monoisotopic (exact) mass is 161 g/mol. The maximum Gasteiger partial charge on any atom is 0.125 e. The van der Waals surface area contributed by atoms with Crippen LogP contribution in [0.15, 0.2) is 0 Å². The van der Waals surface area contributed by atoms with E-state index < -0.39 is 0 Å². The Labute approximate surface area is 71.2 Å². The molecule has 0 aliphatic heterocycles. The molecule has 2 N–H and O–H groups in total. The Hall–Kier alpha value is -0.370. The van der Waals surface area contributed by atoms with Gasteiger partial charge in [-0.15, -0.1) is 0 Å². The highest BCUT2D eigenvalue weighted by Crippen LogP contribution is 2.14. The van der Waals surface area contributed by atoms with Crippen LogP contribution in [0.1, 0.15) is 41.0 Å². The van der Waals surface area contributed by atoms with Crippen LogP contribution in [-0.2, 0) is 4.79 Å². The van der Waals surface area contributed by atoms with E-state index in [9.17, 15) is 4.79 Å². The maximum atomic E-state index is 10.1. The van der Waals surface area contributed by atoms with E-state index >= 15 is 0 Å². The van der Waals surface area contributed by atoms with Crippen molar-refractivity contribution in [3.05, 3.63) is 0 Å². The summed E-state index contributed by atoms with van der Waals surface area (Å²) in [7, 11) is 1.50. The largest absolute Gasteiger partial charge is 0.333 e. The molecular formula is C9H23NO. The second-order valence-electron chi connectivity index (χ2n) is 2.46. The number of hydrogen-bond acceptors (Lipinski definition) is 2. The number of aldehydes is 1. The van der Waals surface area contributed by atoms with Gasteiger partial charge in [0.15, 0.2) is 0 Å². The van der Waals surface area contributed by atoms with Gasteiger partial charge in [0.2, 0.25) is 0 Å². The summed E-state index contributed by atoms with van der Waals surface area (Å²) in [6.45, 7) is 9.87. The molecule has 2 nitrogen and oxygen atoms in total. The molecule has 0 radical (unpaired) electrons. The van der Waals surface area contributed by atoms with E-state index in [1.54, 1.807) is 0 Å². The summed E-state index contributed by atoms with van der Waals surface area (Å²) in [5.74, 6) is 0. The molecule has 0 aromatic rings. The van der Waals surface area contributed by atoms with E-state index in [4.69, 9.17) is 0 Å². The van der Waals surface area contributed by atoms with Gasteiger partial charge in [0.05, 0.1) is 0 Å². The molecule has 0 aliphatic carbocycles. The molecule has 0 aromatic carbocycles. The van der Waals surface area contributed by atoms with Crippen molar-refractivity contribution in [1.29, 1.82) is 0 Å². The molecule has 0 saturated carbocycles. The van der Waals surface area contributed by atoms with Gasteiger partial charge in [-0.1, -0.05) is 34.6 Å². The van der Waals surface area contributed by atoms with E-state index in [2.05, 4.69) is 5.73 Å². The molecule has 0 bridgehead atoms. The molecule has 0 fully saturated rings. The van der Waals surface area contributed by atoms with E-state index in [0.29, 0.717) is 0 Å². The van der Waals surface area contributed by atoms with Gasteiger partial charge in [-0.3, -0.25) is 0 Å². The lowest BCUT2D eigenvalue weighted by molar-refractivity contribution is -0.114. The molecule has 0 amide bonds. The number of rotatable bonds is 2. The van der Waals surface area contributed by atoms with Crippen molar-refractivity contribution in [2.45, 2.75) is 41.0 Å². The van der Waals surface area contributed by atoms with Crippen LogP contribution in [0.4, 0.5) is 0 Å². The van der Waals surface area contributed by atoms with Gasteiger partial charge in [-0.25, -0.2) is 0 Å². The highest BCUT2D eigenvalue weighted by atomic mass is 16.1. The quantitative estimate of drug-likeness (QED) is 0.631. The van der Waals surface area contributed by atoms with Gasteiger partial charge >= 0.3 is 0 Å². The molecule has 0 rings (SSSR count). The van der Waals surface area contributed by atoms with E-state index in [0.717, 1.165) is 12.7 Å². The highest BCUT2D eigenvalue weighted by Gasteiger charge is 2.11. The van der Waals surface area contributed by atoms with Gasteiger partial charge in [0.25, 0.3) is 0 Å². The lowest BCUT2D eigenvalue weighted by Gasteiger charge is -2.10. The summed E-state index contributed by atoms with van der Waals surface area (Å²) in [6.07, 6.45) is 1.92. The van der Waals surface area contributed by atoms with Gasteiger partial charge in [-0.05, 0) is 13.5 Å². The number of carbonyl (C=O) groups excluding carboxylic acids is 1. The van der Waals surface area contributed by atoms with Crippen LogP contribution in [0, 0.1) is 5.41 Å². The summed E-state index contributed by atoms with van der Waals surface area (Å²) in [4.78, 5) is 10.1. The average Bonchev–Trinajstić information content (AvgIpc) is 2.12. The molecule has 0 saturated heterocycles. The predicted octanol–water partition coefficient (Wildman–Crippen LogP) is 2.22. The third-order valence-corrected chi connectivity index (χ3v) is 1.23. The maximum absolute atomic E-state index is 10.1. The number of carbonyl (C=O) groups is 1. The van der Waals surface area contributed by atoms with E-state index in [1.165, 1.54) is 7.05 Å². The van der Waals surface area contributed by atoms with Crippen molar-refractivity contribution in [3.8, 4) is 0 Å². The van der Waals surface area contributed by atoms with Crippen LogP contribution in [0.25, 0.3) is 0 Å². The normalized spacial score (nSPS) is 8.27. The van der Waals surface area contributed by atoms with Crippen LogP contribution >= 0.6 is 0 Å². The van der Waals surface area contributed by atoms with Gasteiger partial charge in [0.1, 0.15) is 6.29 Å². The molecule has 0 heterocycles. The van der Waals surface area contributed by atoms with E-state index in [-0.39, 0.29) is 5.41 Å². The molecule has 0 aromatic heterocycles. The second kappa shape index (κ2) is 12.3. The van der Waals surface area contributed by atoms with Crippen LogP contribution in [0.5, 0.6) is 0 Å². The molecule has 0 atom stereocenters. The SMILES string of the molecule is CC.CCC(C)(C)C=O.CN. The molecule has 0 aliphatic rings. The summed E-state index contributed by atoms with van der Waals surface area (Å²) in [5.41, 5.74) is 4.40. The Morgan fingerprint density at radius 3 is 1.55 bits per heavy atom. The lowest BCUT2D eigenvalue weighted by Crippen LogP contribution is -2.09. The standard InChI is InChI=1S/C6H12O.C2H6.CH5N/c1-4-6(2,3)5-7;2*1-2/h5H,4H2,1-3H3;1-2H3;2H2,1H3. The Balaban J connectivity index is -0.000000138. The van der Waals surface area contributed by atoms with Crippen molar-refractivity contribution in [1.82, 2.24) is 0 Å². The van der Waals surface area contributed by atoms with Crippen molar-refractivity contribution in [2.24, 2.45) is 11.1 Å². The third-order valence-electron chi connectivity index (χ3n) is 1.23. The van der Waals surface area contributed by atoms with Crippen LogP contribution in [0.3, 0.4) is 0 Å². The molecular weight excluding hydrogens is 138 g/mol. The molecule has 2 heteroatoms. The van der Waals surface area contributed by atoms with Crippen molar-refractivity contribution < 1.29 is 4.79 Å². The number of hydrogen-bond donors (Lipinski definition) is 1. The summed E-state index contributed by atoms with van der Waals surface area (Å²) in [5, 5.41) is 0. The fourth-order valence-corrected chi connectivity index (χ4v) is 0.0833. The minimum Gasteiger partial charge on any atom is -0.333 e.